The van der Waals surface area contributed by atoms with Crippen molar-refractivity contribution in [2.45, 2.75) is 52.4 Å². The summed E-state index contributed by atoms with van der Waals surface area (Å²) in [6, 6.07) is 10.3. The number of hydrogen-bond donors (Lipinski definition) is 1. The van der Waals surface area contributed by atoms with Crippen molar-refractivity contribution < 1.29 is 9.47 Å². The molecule has 7 nitrogen and oxygen atoms in total. The molecular formula is C23H34IN5O2. The fourth-order valence-corrected chi connectivity index (χ4v) is 4.29. The van der Waals surface area contributed by atoms with Crippen LogP contribution in [0.5, 0.6) is 0 Å². The van der Waals surface area contributed by atoms with Crippen LogP contribution in [-0.4, -0.2) is 65.7 Å². The van der Waals surface area contributed by atoms with Crippen molar-refractivity contribution >= 4 is 29.9 Å². The first-order valence-electron chi connectivity index (χ1n) is 11.0. The van der Waals surface area contributed by atoms with Crippen LogP contribution in [0.1, 0.15) is 36.7 Å². The molecule has 170 valence electrons. The summed E-state index contributed by atoms with van der Waals surface area (Å²) in [5.74, 6) is 0.940. The maximum absolute atomic E-state index is 6.01. The van der Waals surface area contributed by atoms with Gasteiger partial charge in [-0.3, -0.25) is 0 Å². The molecule has 2 unspecified atom stereocenters. The third kappa shape index (κ3) is 5.59. The molecule has 2 aliphatic rings. The van der Waals surface area contributed by atoms with E-state index in [2.05, 4.69) is 43.1 Å². The number of guanidine groups is 1. The Hall–Kier alpha value is -1.65. The molecule has 2 atom stereocenters. The van der Waals surface area contributed by atoms with Gasteiger partial charge in [-0.15, -0.1) is 24.0 Å². The lowest BCUT2D eigenvalue weighted by atomic mass is 10.1. The molecule has 2 fully saturated rings. The van der Waals surface area contributed by atoms with Gasteiger partial charge < -0.3 is 19.7 Å². The number of benzene rings is 1. The number of nitrogens with zero attached hydrogens (tertiary/aromatic N) is 4. The van der Waals surface area contributed by atoms with Gasteiger partial charge in [-0.25, -0.2) is 9.67 Å². The molecule has 0 aliphatic carbocycles. The zero-order valence-electron chi connectivity index (χ0n) is 18.7. The lowest BCUT2D eigenvalue weighted by Crippen LogP contribution is -2.53. The van der Waals surface area contributed by atoms with Gasteiger partial charge in [-0.1, -0.05) is 18.2 Å². The predicted octanol–water partition coefficient (Wildman–Crippen LogP) is 3.45. The minimum Gasteiger partial charge on any atom is -0.375 e. The van der Waals surface area contributed by atoms with E-state index in [0.29, 0.717) is 13.2 Å². The molecule has 1 aromatic heterocycles. The first kappa shape index (κ1) is 24.0. The molecule has 8 heteroatoms. The molecule has 0 saturated carbocycles. The Bertz CT molecular complexity index is 864. The van der Waals surface area contributed by atoms with Crippen molar-refractivity contribution in [2.24, 2.45) is 4.99 Å². The summed E-state index contributed by atoms with van der Waals surface area (Å²) in [4.78, 5) is 7.29. The monoisotopic (exact) mass is 539 g/mol. The highest BCUT2D eigenvalue weighted by Crippen LogP contribution is 2.22. The van der Waals surface area contributed by atoms with E-state index >= 15 is 0 Å². The van der Waals surface area contributed by atoms with Gasteiger partial charge in [0.2, 0.25) is 0 Å². The van der Waals surface area contributed by atoms with Crippen LogP contribution in [0.2, 0.25) is 0 Å². The van der Waals surface area contributed by atoms with Gasteiger partial charge in [0.25, 0.3) is 0 Å². The van der Waals surface area contributed by atoms with E-state index in [9.17, 15) is 0 Å². The van der Waals surface area contributed by atoms with E-state index in [-0.39, 0.29) is 36.2 Å². The van der Waals surface area contributed by atoms with E-state index in [1.54, 1.807) is 0 Å². The van der Waals surface area contributed by atoms with E-state index in [1.807, 2.05) is 22.9 Å². The summed E-state index contributed by atoms with van der Waals surface area (Å²) < 4.78 is 13.9. The number of nitrogens with one attached hydrogen (secondary N) is 1. The fourth-order valence-electron chi connectivity index (χ4n) is 4.29. The first-order chi connectivity index (χ1) is 14.7. The standard InChI is InChI=1S/C23H33N5O2.HI/c1-4-24-23(27-12-14-30-22(16-27)21-11-8-13-29-21)25-15-20-17(2)26-28(18(20)3)19-9-6-5-7-10-19;/h5-7,9-10,21-22H,4,8,11-16H2,1-3H3,(H,24,25);1H. The molecule has 4 rings (SSSR count). The largest absolute Gasteiger partial charge is 0.375 e. The van der Waals surface area contributed by atoms with Crippen LogP contribution in [0.15, 0.2) is 35.3 Å². The summed E-state index contributed by atoms with van der Waals surface area (Å²) in [7, 11) is 0. The second-order valence-corrected chi connectivity index (χ2v) is 7.97. The van der Waals surface area contributed by atoms with Gasteiger partial charge in [0.05, 0.1) is 30.6 Å². The SMILES string of the molecule is CCNC(=NCc1c(C)nn(-c2ccccc2)c1C)N1CCOC(C2CCCO2)C1.I. The maximum atomic E-state index is 6.01. The van der Waals surface area contributed by atoms with Gasteiger partial charge in [0, 0.05) is 37.5 Å². The number of ether oxygens (including phenoxy) is 2. The third-order valence-electron chi connectivity index (χ3n) is 5.94. The minimum atomic E-state index is 0. The maximum Gasteiger partial charge on any atom is 0.194 e. The van der Waals surface area contributed by atoms with E-state index in [4.69, 9.17) is 19.6 Å². The van der Waals surface area contributed by atoms with Crippen molar-refractivity contribution in [2.75, 3.05) is 32.8 Å². The molecule has 3 heterocycles. The van der Waals surface area contributed by atoms with Gasteiger partial charge in [0.15, 0.2) is 5.96 Å². The summed E-state index contributed by atoms with van der Waals surface area (Å²) >= 11 is 0. The van der Waals surface area contributed by atoms with Crippen molar-refractivity contribution in [3.05, 3.63) is 47.3 Å². The number of para-hydroxylation sites is 1. The Morgan fingerprint density at radius 2 is 1.94 bits per heavy atom. The number of morpholine rings is 1. The molecule has 0 amide bonds. The van der Waals surface area contributed by atoms with Crippen molar-refractivity contribution in [3.63, 3.8) is 0 Å². The molecule has 2 aliphatic heterocycles. The van der Waals surface area contributed by atoms with Gasteiger partial charge in [0.1, 0.15) is 6.10 Å². The average molecular weight is 539 g/mol. The second-order valence-electron chi connectivity index (χ2n) is 7.97. The Labute approximate surface area is 202 Å². The molecule has 1 aromatic carbocycles. The molecule has 0 spiro atoms. The Morgan fingerprint density at radius 3 is 2.65 bits per heavy atom. The number of hydrogen-bond acceptors (Lipinski definition) is 4. The van der Waals surface area contributed by atoms with Crippen LogP contribution < -0.4 is 5.32 Å². The van der Waals surface area contributed by atoms with Crippen LogP contribution in [0.4, 0.5) is 0 Å². The summed E-state index contributed by atoms with van der Waals surface area (Å²) in [5, 5.41) is 8.22. The quantitative estimate of drug-likeness (QED) is 0.359. The van der Waals surface area contributed by atoms with E-state index < -0.39 is 0 Å². The number of rotatable bonds is 5. The van der Waals surface area contributed by atoms with E-state index in [1.165, 1.54) is 5.56 Å². The topological polar surface area (TPSA) is 63.9 Å². The molecule has 0 bridgehead atoms. The van der Waals surface area contributed by atoms with Gasteiger partial charge >= 0.3 is 0 Å². The number of aliphatic imine (C=N–C) groups is 1. The van der Waals surface area contributed by atoms with Crippen molar-refractivity contribution in [1.82, 2.24) is 20.0 Å². The summed E-state index contributed by atoms with van der Waals surface area (Å²) in [5.41, 5.74) is 4.42. The van der Waals surface area contributed by atoms with E-state index in [0.717, 1.165) is 62.1 Å². The van der Waals surface area contributed by atoms with Crippen LogP contribution in [0, 0.1) is 13.8 Å². The van der Waals surface area contributed by atoms with Crippen LogP contribution in [0.3, 0.4) is 0 Å². The normalized spacial score (nSPS) is 21.8. The van der Waals surface area contributed by atoms with Crippen LogP contribution in [0.25, 0.3) is 5.69 Å². The Balaban J connectivity index is 0.00000272. The number of halogens is 1. The Morgan fingerprint density at radius 1 is 1.16 bits per heavy atom. The molecule has 2 aromatic rings. The molecule has 2 saturated heterocycles. The summed E-state index contributed by atoms with van der Waals surface area (Å²) in [6.45, 7) is 10.9. The van der Waals surface area contributed by atoms with Gasteiger partial charge in [-0.2, -0.15) is 5.10 Å². The van der Waals surface area contributed by atoms with Gasteiger partial charge in [-0.05, 0) is 45.7 Å². The minimum absolute atomic E-state index is 0. The highest BCUT2D eigenvalue weighted by molar-refractivity contribution is 14.0. The average Bonchev–Trinajstić information content (AvgIpc) is 3.41. The van der Waals surface area contributed by atoms with Crippen molar-refractivity contribution in [1.29, 1.82) is 0 Å². The predicted molar refractivity (Wildman–Crippen MR) is 134 cm³/mol. The number of aromatic nitrogens is 2. The lowest BCUT2D eigenvalue weighted by molar-refractivity contribution is -0.0817. The fraction of sp³-hybridized carbons (Fsp3) is 0.565. The molecule has 31 heavy (non-hydrogen) atoms. The number of aryl methyl sites for hydroxylation is 1. The summed E-state index contributed by atoms with van der Waals surface area (Å²) in [6.07, 6.45) is 2.55. The zero-order chi connectivity index (χ0) is 20.9. The molecular weight excluding hydrogens is 505 g/mol. The lowest BCUT2D eigenvalue weighted by Gasteiger charge is -2.37. The second kappa shape index (κ2) is 11.3. The van der Waals surface area contributed by atoms with Crippen molar-refractivity contribution in [3.8, 4) is 5.69 Å². The Kier molecular flexibility index (Phi) is 8.74. The highest BCUT2D eigenvalue weighted by Gasteiger charge is 2.32. The molecule has 1 N–H and O–H groups in total. The third-order valence-corrected chi connectivity index (χ3v) is 5.94. The molecule has 0 radical (unpaired) electrons. The van der Waals surface area contributed by atoms with Crippen LogP contribution in [-0.2, 0) is 16.0 Å². The highest BCUT2D eigenvalue weighted by atomic mass is 127. The van der Waals surface area contributed by atoms with Crippen LogP contribution >= 0.6 is 24.0 Å². The first-order valence-corrected chi connectivity index (χ1v) is 11.0. The zero-order valence-corrected chi connectivity index (χ0v) is 21.0. The smallest absolute Gasteiger partial charge is 0.194 e.